The summed E-state index contributed by atoms with van der Waals surface area (Å²) in [7, 11) is 0. The van der Waals surface area contributed by atoms with Crippen molar-refractivity contribution in [2.24, 2.45) is 17.6 Å². The molecule has 0 heterocycles. The third kappa shape index (κ3) is 4.47. The molecule has 1 saturated carbocycles. The van der Waals surface area contributed by atoms with Gasteiger partial charge in [0.05, 0.1) is 11.5 Å². The Morgan fingerprint density at radius 2 is 1.95 bits per heavy atom. The molecule has 0 aliphatic heterocycles. The van der Waals surface area contributed by atoms with Crippen LogP contribution < -0.4 is 11.1 Å². The first-order valence-electron chi connectivity index (χ1n) is 6.72. The molecule has 6 heteroatoms. The van der Waals surface area contributed by atoms with E-state index in [0.717, 1.165) is 19.3 Å². The van der Waals surface area contributed by atoms with E-state index in [1.165, 1.54) is 13.8 Å². The van der Waals surface area contributed by atoms with Crippen molar-refractivity contribution in [2.45, 2.75) is 51.2 Å². The largest absolute Gasteiger partial charge is 0.481 e. The van der Waals surface area contributed by atoms with Gasteiger partial charge in [-0.05, 0) is 32.6 Å². The highest BCUT2D eigenvalue weighted by Crippen LogP contribution is 2.29. The summed E-state index contributed by atoms with van der Waals surface area (Å²) < 4.78 is 0. The lowest BCUT2D eigenvalue weighted by Gasteiger charge is -2.30. The maximum absolute atomic E-state index is 11.8. The molecule has 3 atom stereocenters. The summed E-state index contributed by atoms with van der Waals surface area (Å²) in [5.74, 6) is -1.69. The number of nitrogens with two attached hydrogens (primary N) is 1. The number of carboxylic acid groups (broad SMARTS) is 1. The molecule has 1 rings (SSSR count). The molecule has 6 nitrogen and oxygen atoms in total. The number of nitrogens with one attached hydrogen (secondary N) is 1. The Kier molecular flexibility index (Phi) is 5.31. The molecule has 0 aromatic heterocycles. The van der Waals surface area contributed by atoms with E-state index >= 15 is 0 Å². The fraction of sp³-hybridized carbons (Fsp3) is 0.846. The van der Waals surface area contributed by atoms with Gasteiger partial charge in [0.15, 0.2) is 0 Å². The van der Waals surface area contributed by atoms with Gasteiger partial charge in [-0.15, -0.1) is 0 Å². The molecule has 110 valence electrons. The number of amides is 1. The molecule has 19 heavy (non-hydrogen) atoms. The monoisotopic (exact) mass is 272 g/mol. The summed E-state index contributed by atoms with van der Waals surface area (Å²) in [6, 6.07) is -1.01. The van der Waals surface area contributed by atoms with Crippen molar-refractivity contribution in [1.82, 2.24) is 5.32 Å². The lowest BCUT2D eigenvalue weighted by atomic mass is 9.79. The zero-order valence-electron chi connectivity index (χ0n) is 11.6. The first-order chi connectivity index (χ1) is 8.73. The van der Waals surface area contributed by atoms with Crippen LogP contribution in [0.25, 0.3) is 0 Å². The maximum atomic E-state index is 11.8. The molecule has 1 amide bonds. The van der Waals surface area contributed by atoms with Crippen LogP contribution in [0, 0.1) is 11.8 Å². The van der Waals surface area contributed by atoms with E-state index in [2.05, 4.69) is 5.32 Å². The molecule has 0 aromatic carbocycles. The third-order valence-corrected chi connectivity index (χ3v) is 3.81. The number of aliphatic hydroxyl groups is 1. The second-order valence-electron chi connectivity index (χ2n) is 5.87. The lowest BCUT2D eigenvalue weighted by Crippen LogP contribution is -2.54. The average molecular weight is 272 g/mol. The van der Waals surface area contributed by atoms with Crippen LogP contribution in [0.1, 0.15) is 39.5 Å². The van der Waals surface area contributed by atoms with Gasteiger partial charge in [-0.1, -0.05) is 12.8 Å². The number of aliphatic carboxylic acids is 1. The number of carbonyl (C=O) groups excluding carboxylic acids is 1. The van der Waals surface area contributed by atoms with E-state index in [1.807, 2.05) is 0 Å². The Hall–Kier alpha value is -1.14. The van der Waals surface area contributed by atoms with Crippen molar-refractivity contribution in [3.8, 4) is 0 Å². The maximum Gasteiger partial charge on any atom is 0.306 e. The highest BCUT2D eigenvalue weighted by molar-refractivity contribution is 5.82. The van der Waals surface area contributed by atoms with Crippen LogP contribution in [0.5, 0.6) is 0 Å². The number of hydrogen-bond donors (Lipinski definition) is 4. The van der Waals surface area contributed by atoms with Crippen LogP contribution in [-0.2, 0) is 9.59 Å². The third-order valence-electron chi connectivity index (χ3n) is 3.81. The molecule has 0 radical (unpaired) electrons. The van der Waals surface area contributed by atoms with Gasteiger partial charge >= 0.3 is 5.97 Å². The second kappa shape index (κ2) is 6.34. The Balaban J connectivity index is 2.51. The Bertz CT molecular complexity index is 338. The van der Waals surface area contributed by atoms with Gasteiger partial charge in [-0.3, -0.25) is 9.59 Å². The molecule has 1 unspecified atom stereocenters. The standard InChI is InChI=1S/C13H24N2O4/c1-13(2,19)10(14)11(16)15-7-8-5-3-4-6-9(8)12(17)18/h8-10,19H,3-7,14H2,1-2H3,(H,15,16)(H,17,18)/t8?,9-,10+/m0/s1. The highest BCUT2D eigenvalue weighted by Gasteiger charge is 2.33. The van der Waals surface area contributed by atoms with Gasteiger partial charge in [0.2, 0.25) is 5.91 Å². The fourth-order valence-electron chi connectivity index (χ4n) is 2.44. The molecule has 0 bridgehead atoms. The van der Waals surface area contributed by atoms with Crippen molar-refractivity contribution in [1.29, 1.82) is 0 Å². The quantitative estimate of drug-likeness (QED) is 0.566. The van der Waals surface area contributed by atoms with E-state index in [1.54, 1.807) is 0 Å². The van der Waals surface area contributed by atoms with E-state index in [4.69, 9.17) is 10.8 Å². The number of hydrogen-bond acceptors (Lipinski definition) is 4. The summed E-state index contributed by atoms with van der Waals surface area (Å²) in [5.41, 5.74) is 4.34. The van der Waals surface area contributed by atoms with Gasteiger partial charge in [-0.25, -0.2) is 0 Å². The van der Waals surface area contributed by atoms with E-state index in [-0.39, 0.29) is 5.92 Å². The summed E-state index contributed by atoms with van der Waals surface area (Å²) in [6.45, 7) is 3.25. The zero-order valence-corrected chi connectivity index (χ0v) is 11.6. The molecule has 1 aliphatic carbocycles. The van der Waals surface area contributed by atoms with Gasteiger partial charge in [0.1, 0.15) is 6.04 Å². The van der Waals surface area contributed by atoms with Crippen LogP contribution in [0.15, 0.2) is 0 Å². The Morgan fingerprint density at radius 3 is 2.47 bits per heavy atom. The first kappa shape index (κ1) is 15.9. The predicted molar refractivity (Wildman–Crippen MR) is 70.4 cm³/mol. The molecule has 1 aliphatic rings. The molecule has 1 fully saturated rings. The minimum atomic E-state index is -1.29. The van der Waals surface area contributed by atoms with Gasteiger partial charge in [0.25, 0.3) is 0 Å². The predicted octanol–water partition coefficient (Wildman–Crippen LogP) is 0.0918. The van der Waals surface area contributed by atoms with Crippen LogP contribution in [-0.4, -0.2) is 40.3 Å². The molecular weight excluding hydrogens is 248 g/mol. The summed E-state index contributed by atoms with van der Waals surface area (Å²) >= 11 is 0. The van der Waals surface area contributed by atoms with Crippen LogP contribution >= 0.6 is 0 Å². The first-order valence-corrected chi connectivity index (χ1v) is 6.72. The minimum absolute atomic E-state index is 0.0517. The molecule has 0 aromatic rings. The molecule has 0 saturated heterocycles. The normalized spacial score (nSPS) is 25.7. The highest BCUT2D eigenvalue weighted by atomic mass is 16.4. The Labute approximate surface area is 113 Å². The van der Waals surface area contributed by atoms with Crippen LogP contribution in [0.3, 0.4) is 0 Å². The zero-order chi connectivity index (χ0) is 14.6. The van der Waals surface area contributed by atoms with E-state index < -0.39 is 29.4 Å². The average Bonchev–Trinajstić information content (AvgIpc) is 2.34. The summed E-state index contributed by atoms with van der Waals surface area (Å²) in [4.78, 5) is 22.9. The van der Waals surface area contributed by atoms with Gasteiger partial charge < -0.3 is 21.3 Å². The number of rotatable bonds is 5. The van der Waals surface area contributed by atoms with Crippen molar-refractivity contribution >= 4 is 11.9 Å². The Morgan fingerprint density at radius 1 is 1.37 bits per heavy atom. The van der Waals surface area contributed by atoms with Crippen molar-refractivity contribution in [2.75, 3.05) is 6.54 Å². The number of carboxylic acids is 1. The van der Waals surface area contributed by atoms with Crippen molar-refractivity contribution < 1.29 is 19.8 Å². The number of carbonyl (C=O) groups is 2. The minimum Gasteiger partial charge on any atom is -0.481 e. The van der Waals surface area contributed by atoms with Crippen molar-refractivity contribution in [3.05, 3.63) is 0 Å². The van der Waals surface area contributed by atoms with E-state index in [0.29, 0.717) is 13.0 Å². The molecular formula is C13H24N2O4. The lowest BCUT2D eigenvalue weighted by molar-refractivity contribution is -0.145. The second-order valence-corrected chi connectivity index (χ2v) is 5.87. The van der Waals surface area contributed by atoms with Crippen LogP contribution in [0.4, 0.5) is 0 Å². The smallest absolute Gasteiger partial charge is 0.306 e. The summed E-state index contributed by atoms with van der Waals surface area (Å²) in [6.07, 6.45) is 3.37. The molecule has 5 N–H and O–H groups in total. The summed E-state index contributed by atoms with van der Waals surface area (Å²) in [5, 5.41) is 21.4. The SMILES string of the molecule is CC(C)(O)[C@H](N)C(=O)NCC1CCCC[C@@H]1C(=O)O. The van der Waals surface area contributed by atoms with Crippen LogP contribution in [0.2, 0.25) is 0 Å². The van der Waals surface area contributed by atoms with Crippen molar-refractivity contribution in [3.63, 3.8) is 0 Å². The van der Waals surface area contributed by atoms with Gasteiger partial charge in [0, 0.05) is 6.54 Å². The fourth-order valence-corrected chi connectivity index (χ4v) is 2.44. The topological polar surface area (TPSA) is 113 Å². The van der Waals surface area contributed by atoms with Gasteiger partial charge in [-0.2, -0.15) is 0 Å². The van der Waals surface area contributed by atoms with E-state index in [9.17, 15) is 14.7 Å². The molecule has 0 spiro atoms.